The van der Waals surface area contributed by atoms with Crippen molar-refractivity contribution in [1.29, 1.82) is 5.26 Å². The van der Waals surface area contributed by atoms with Crippen molar-refractivity contribution >= 4 is 43.9 Å². The van der Waals surface area contributed by atoms with Crippen LogP contribution in [-0.2, 0) is 0 Å². The van der Waals surface area contributed by atoms with Crippen molar-refractivity contribution in [1.82, 2.24) is 15.0 Å². The Hall–Kier alpha value is -8.14. The van der Waals surface area contributed by atoms with E-state index in [4.69, 9.17) is 23.8 Å². The van der Waals surface area contributed by atoms with Gasteiger partial charge in [-0.15, -0.1) is 0 Å². The van der Waals surface area contributed by atoms with E-state index in [0.29, 0.717) is 23.0 Å². The largest absolute Gasteiger partial charge is 0.456 e. The van der Waals surface area contributed by atoms with Gasteiger partial charge in [-0.3, -0.25) is 0 Å². The first-order valence-corrected chi connectivity index (χ1v) is 19.1. The molecular formula is C52H30N4O2. The van der Waals surface area contributed by atoms with Crippen molar-refractivity contribution in [3.8, 4) is 73.6 Å². The van der Waals surface area contributed by atoms with E-state index >= 15 is 0 Å². The highest BCUT2D eigenvalue weighted by Crippen LogP contribution is 2.40. The van der Waals surface area contributed by atoms with E-state index < -0.39 is 0 Å². The summed E-state index contributed by atoms with van der Waals surface area (Å²) in [7, 11) is 0. The van der Waals surface area contributed by atoms with Gasteiger partial charge in [-0.1, -0.05) is 133 Å². The zero-order valence-corrected chi connectivity index (χ0v) is 30.9. The van der Waals surface area contributed by atoms with Gasteiger partial charge in [0.2, 0.25) is 0 Å². The Morgan fingerprint density at radius 1 is 0.345 bits per heavy atom. The summed E-state index contributed by atoms with van der Waals surface area (Å²) < 4.78 is 12.8. The predicted molar refractivity (Wildman–Crippen MR) is 232 cm³/mol. The maximum Gasteiger partial charge on any atom is 0.164 e. The van der Waals surface area contributed by atoms with Crippen LogP contribution in [0, 0.1) is 11.3 Å². The molecule has 0 aliphatic heterocycles. The standard InChI is InChI=1S/C52H30N4O2/c53-31-32-10-6-13-36(28-32)34-22-24-35(25-23-34)50-54-51(56-52(55-50)43-18-9-21-46-49(43)41-16-4-5-19-44(41)57-46)39-26-27-42-47(30-39)58-45-20-8-17-40(48(42)45)38-15-7-14-37(29-38)33-11-2-1-3-12-33/h1-30H. The van der Waals surface area contributed by atoms with Crippen molar-refractivity contribution in [2.45, 2.75) is 0 Å². The van der Waals surface area contributed by atoms with Crippen molar-refractivity contribution in [2.75, 3.05) is 0 Å². The van der Waals surface area contributed by atoms with Gasteiger partial charge in [0, 0.05) is 38.2 Å². The number of benzene rings is 8. The second-order valence-corrected chi connectivity index (χ2v) is 14.3. The van der Waals surface area contributed by atoms with Crippen LogP contribution in [0.5, 0.6) is 0 Å². The summed E-state index contributed by atoms with van der Waals surface area (Å²) in [6.07, 6.45) is 0. The highest BCUT2D eigenvalue weighted by atomic mass is 16.3. The van der Waals surface area contributed by atoms with Crippen molar-refractivity contribution in [3.63, 3.8) is 0 Å². The van der Waals surface area contributed by atoms with E-state index in [2.05, 4.69) is 78.9 Å². The van der Waals surface area contributed by atoms with Crippen LogP contribution in [0.4, 0.5) is 0 Å². The molecule has 0 bridgehead atoms. The highest BCUT2D eigenvalue weighted by Gasteiger charge is 2.20. The maximum atomic E-state index is 9.47. The van der Waals surface area contributed by atoms with Crippen LogP contribution >= 0.6 is 0 Å². The lowest BCUT2D eigenvalue weighted by molar-refractivity contribution is 0.668. The molecule has 3 heterocycles. The number of hydrogen-bond donors (Lipinski definition) is 0. The molecule has 11 aromatic rings. The van der Waals surface area contributed by atoms with E-state index in [9.17, 15) is 5.26 Å². The second-order valence-electron chi connectivity index (χ2n) is 14.3. The van der Waals surface area contributed by atoms with E-state index in [-0.39, 0.29) is 0 Å². The normalized spacial score (nSPS) is 11.4. The smallest absolute Gasteiger partial charge is 0.164 e. The Morgan fingerprint density at radius 3 is 1.69 bits per heavy atom. The van der Waals surface area contributed by atoms with Crippen LogP contribution in [-0.4, -0.2) is 15.0 Å². The Labute approximate surface area is 333 Å². The predicted octanol–water partition coefficient (Wildman–Crippen LogP) is 13.5. The monoisotopic (exact) mass is 742 g/mol. The molecule has 0 aliphatic rings. The summed E-state index contributed by atoms with van der Waals surface area (Å²) in [5, 5.41) is 13.5. The summed E-state index contributed by atoms with van der Waals surface area (Å²) >= 11 is 0. The first-order chi connectivity index (χ1) is 28.7. The molecule has 0 aliphatic carbocycles. The fourth-order valence-corrected chi connectivity index (χ4v) is 8.00. The molecule has 8 aromatic carbocycles. The molecule has 3 aromatic heterocycles. The summed E-state index contributed by atoms with van der Waals surface area (Å²) in [4.78, 5) is 15.3. The van der Waals surface area contributed by atoms with Gasteiger partial charge in [-0.2, -0.15) is 5.26 Å². The van der Waals surface area contributed by atoms with Crippen LogP contribution in [0.25, 0.3) is 111 Å². The number of aromatic nitrogens is 3. The summed E-state index contributed by atoms with van der Waals surface area (Å²) in [6, 6.07) is 63.5. The van der Waals surface area contributed by atoms with E-state index in [0.717, 1.165) is 88.4 Å². The van der Waals surface area contributed by atoms with Gasteiger partial charge in [0.05, 0.1) is 11.6 Å². The van der Waals surface area contributed by atoms with Gasteiger partial charge in [0.15, 0.2) is 17.5 Å². The van der Waals surface area contributed by atoms with Gasteiger partial charge in [0.25, 0.3) is 0 Å². The lowest BCUT2D eigenvalue weighted by atomic mass is 9.96. The number of nitriles is 1. The fraction of sp³-hybridized carbons (Fsp3) is 0. The molecule has 0 unspecified atom stereocenters. The molecule has 0 amide bonds. The number of nitrogens with zero attached hydrogens (tertiary/aromatic N) is 4. The molecule has 11 rings (SSSR count). The minimum absolute atomic E-state index is 0.522. The third-order valence-corrected chi connectivity index (χ3v) is 10.8. The average Bonchev–Trinajstić information content (AvgIpc) is 3.88. The summed E-state index contributed by atoms with van der Waals surface area (Å²) in [6.45, 7) is 0. The second kappa shape index (κ2) is 13.6. The van der Waals surface area contributed by atoms with Crippen molar-refractivity contribution < 1.29 is 8.83 Å². The lowest BCUT2D eigenvalue weighted by Gasteiger charge is -2.10. The quantitative estimate of drug-likeness (QED) is 0.168. The number of rotatable bonds is 6. The van der Waals surface area contributed by atoms with Gasteiger partial charge < -0.3 is 8.83 Å². The number of fused-ring (bicyclic) bond motifs is 6. The maximum absolute atomic E-state index is 9.47. The molecule has 0 saturated carbocycles. The van der Waals surface area contributed by atoms with Crippen LogP contribution in [0.1, 0.15) is 5.56 Å². The molecule has 6 nitrogen and oxygen atoms in total. The zero-order valence-electron chi connectivity index (χ0n) is 30.9. The molecule has 0 saturated heterocycles. The van der Waals surface area contributed by atoms with E-state index in [1.165, 1.54) is 5.56 Å². The van der Waals surface area contributed by atoms with Gasteiger partial charge in [0.1, 0.15) is 22.3 Å². The summed E-state index contributed by atoms with van der Waals surface area (Å²) in [5.74, 6) is 1.59. The molecule has 0 fully saturated rings. The Bertz CT molecular complexity index is 3410. The van der Waals surface area contributed by atoms with Crippen LogP contribution in [0.3, 0.4) is 0 Å². The third-order valence-electron chi connectivity index (χ3n) is 10.8. The Balaban J connectivity index is 1.06. The minimum atomic E-state index is 0.522. The lowest BCUT2D eigenvalue weighted by Crippen LogP contribution is -2.00. The van der Waals surface area contributed by atoms with Crippen molar-refractivity contribution in [2.24, 2.45) is 0 Å². The molecule has 0 N–H and O–H groups in total. The fourth-order valence-electron chi connectivity index (χ4n) is 8.00. The first kappa shape index (κ1) is 33.2. The molecule has 0 radical (unpaired) electrons. The van der Waals surface area contributed by atoms with Crippen molar-refractivity contribution in [3.05, 3.63) is 188 Å². The highest BCUT2D eigenvalue weighted by molar-refractivity contribution is 6.14. The summed E-state index contributed by atoms with van der Waals surface area (Å²) in [5.41, 5.74) is 12.7. The Morgan fingerprint density at radius 2 is 0.879 bits per heavy atom. The minimum Gasteiger partial charge on any atom is -0.456 e. The molecule has 0 spiro atoms. The van der Waals surface area contributed by atoms with Crippen LogP contribution < -0.4 is 0 Å². The Kier molecular flexibility index (Phi) is 7.76. The number of para-hydroxylation sites is 1. The third kappa shape index (κ3) is 5.69. The van der Waals surface area contributed by atoms with E-state index in [1.54, 1.807) is 0 Å². The zero-order chi connectivity index (χ0) is 38.6. The topological polar surface area (TPSA) is 88.7 Å². The van der Waals surface area contributed by atoms with Gasteiger partial charge in [-0.05, 0) is 81.9 Å². The van der Waals surface area contributed by atoms with E-state index in [1.807, 2.05) is 109 Å². The van der Waals surface area contributed by atoms with Crippen LogP contribution in [0.2, 0.25) is 0 Å². The average molecular weight is 743 g/mol. The van der Waals surface area contributed by atoms with Gasteiger partial charge in [-0.25, -0.2) is 15.0 Å². The number of furan rings is 2. The SMILES string of the molecule is N#Cc1cccc(-c2ccc(-c3nc(-c4ccc5c(c4)oc4cccc(-c6cccc(-c7ccccc7)c6)c45)nc(-c4cccc5oc6ccccc6c45)n3)cc2)c1. The van der Waals surface area contributed by atoms with Gasteiger partial charge >= 0.3 is 0 Å². The number of hydrogen-bond acceptors (Lipinski definition) is 6. The molecule has 270 valence electrons. The molecule has 58 heavy (non-hydrogen) atoms. The molecule has 0 atom stereocenters. The first-order valence-electron chi connectivity index (χ1n) is 19.1. The molecular weight excluding hydrogens is 713 g/mol. The molecule has 6 heteroatoms. The van der Waals surface area contributed by atoms with Crippen LogP contribution in [0.15, 0.2) is 191 Å².